The number of fused-ring (bicyclic) bond motifs is 3. The van der Waals surface area contributed by atoms with Crippen molar-refractivity contribution in [3.8, 4) is 11.5 Å². The molecular weight excluding hydrogens is 354 g/mol. The molecule has 6 nitrogen and oxygen atoms in total. The Morgan fingerprint density at radius 1 is 1.07 bits per heavy atom. The van der Waals surface area contributed by atoms with Gasteiger partial charge >= 0.3 is 0 Å². The summed E-state index contributed by atoms with van der Waals surface area (Å²) in [7, 11) is 0. The zero-order valence-electron chi connectivity index (χ0n) is 15.0. The molecule has 0 saturated carbocycles. The molecule has 0 spiro atoms. The molecule has 0 fully saturated rings. The molecule has 0 N–H and O–H groups in total. The summed E-state index contributed by atoms with van der Waals surface area (Å²) in [5.74, 6) is 1.57. The molecule has 2 aromatic heterocycles. The van der Waals surface area contributed by atoms with Gasteiger partial charge in [0.15, 0.2) is 5.76 Å². The van der Waals surface area contributed by atoms with Crippen LogP contribution in [0.4, 0.5) is 0 Å². The van der Waals surface area contributed by atoms with Gasteiger partial charge < -0.3 is 9.47 Å². The summed E-state index contributed by atoms with van der Waals surface area (Å²) < 4.78 is 11.9. The third-order valence-electron chi connectivity index (χ3n) is 4.82. The van der Waals surface area contributed by atoms with Crippen molar-refractivity contribution >= 4 is 11.9 Å². The molecule has 5 rings (SSSR count). The van der Waals surface area contributed by atoms with E-state index < -0.39 is 0 Å². The minimum atomic E-state index is -0.112. The summed E-state index contributed by atoms with van der Waals surface area (Å²) >= 11 is 0. The van der Waals surface area contributed by atoms with E-state index in [1.807, 2.05) is 36.5 Å². The van der Waals surface area contributed by atoms with E-state index in [2.05, 4.69) is 14.9 Å². The van der Waals surface area contributed by atoms with Gasteiger partial charge in [-0.05, 0) is 47.5 Å². The summed E-state index contributed by atoms with van der Waals surface area (Å²) in [5.41, 5.74) is 3.46. The molecule has 0 radical (unpaired) electrons. The monoisotopic (exact) mass is 371 g/mol. The lowest BCUT2D eigenvalue weighted by Gasteiger charge is -2.29. The molecule has 2 aliphatic rings. The average molecular weight is 371 g/mol. The topological polar surface area (TPSA) is 64.5 Å². The van der Waals surface area contributed by atoms with E-state index in [0.29, 0.717) is 36.9 Å². The van der Waals surface area contributed by atoms with Crippen LogP contribution in [0.3, 0.4) is 0 Å². The van der Waals surface area contributed by atoms with Gasteiger partial charge in [-0.25, -0.2) is 0 Å². The lowest BCUT2D eigenvalue weighted by Crippen LogP contribution is -2.31. The molecule has 1 aromatic carbocycles. The number of rotatable bonds is 3. The quantitative estimate of drug-likeness (QED) is 0.657. The molecule has 3 aromatic rings. The van der Waals surface area contributed by atoms with Gasteiger partial charge in [-0.3, -0.25) is 19.7 Å². The predicted octanol–water partition coefficient (Wildman–Crippen LogP) is 3.44. The first-order valence-corrected chi connectivity index (χ1v) is 9.02. The minimum absolute atomic E-state index is 0.112. The second-order valence-corrected chi connectivity index (χ2v) is 6.76. The van der Waals surface area contributed by atoms with Crippen molar-refractivity contribution in [2.24, 2.45) is 0 Å². The lowest BCUT2D eigenvalue weighted by atomic mass is 10.0. The zero-order chi connectivity index (χ0) is 18.9. The van der Waals surface area contributed by atoms with Crippen LogP contribution in [0.25, 0.3) is 6.08 Å². The Bertz CT molecular complexity index is 1070. The first-order chi connectivity index (χ1) is 13.8. The summed E-state index contributed by atoms with van der Waals surface area (Å²) in [5, 5.41) is 0. The Labute approximate surface area is 162 Å². The maximum atomic E-state index is 12.8. The van der Waals surface area contributed by atoms with E-state index >= 15 is 0 Å². The SMILES string of the molecule is O=C1/C(=C/c2ccncc2)Oc2c1ccc1c2CN(Cc2cccnc2)CO1. The summed E-state index contributed by atoms with van der Waals surface area (Å²) in [4.78, 5) is 23.1. The van der Waals surface area contributed by atoms with E-state index in [1.54, 1.807) is 30.7 Å². The maximum Gasteiger partial charge on any atom is 0.231 e. The fourth-order valence-electron chi connectivity index (χ4n) is 3.47. The number of pyridine rings is 2. The van der Waals surface area contributed by atoms with Crippen LogP contribution in [0.5, 0.6) is 11.5 Å². The summed E-state index contributed by atoms with van der Waals surface area (Å²) in [6.45, 7) is 1.84. The number of ketones is 1. The van der Waals surface area contributed by atoms with Crippen LogP contribution in [0, 0.1) is 0 Å². The highest BCUT2D eigenvalue weighted by Gasteiger charge is 2.33. The van der Waals surface area contributed by atoms with E-state index in [9.17, 15) is 4.79 Å². The number of allylic oxidation sites excluding steroid dienone is 1. The number of hydrogen-bond acceptors (Lipinski definition) is 6. The molecule has 0 atom stereocenters. The number of nitrogens with zero attached hydrogens (tertiary/aromatic N) is 3. The van der Waals surface area contributed by atoms with Crippen LogP contribution in [-0.2, 0) is 13.1 Å². The average Bonchev–Trinajstić information content (AvgIpc) is 3.05. The largest absolute Gasteiger partial charge is 0.478 e. The molecule has 0 saturated heterocycles. The maximum absolute atomic E-state index is 12.8. The van der Waals surface area contributed by atoms with Gasteiger partial charge in [-0.15, -0.1) is 0 Å². The summed E-state index contributed by atoms with van der Waals surface area (Å²) in [6.07, 6.45) is 8.72. The van der Waals surface area contributed by atoms with E-state index in [4.69, 9.17) is 9.47 Å². The molecule has 28 heavy (non-hydrogen) atoms. The molecule has 4 heterocycles. The molecular formula is C22H17N3O3. The van der Waals surface area contributed by atoms with Crippen molar-refractivity contribution in [3.05, 3.63) is 89.2 Å². The van der Waals surface area contributed by atoms with Crippen molar-refractivity contribution in [1.29, 1.82) is 0 Å². The van der Waals surface area contributed by atoms with Gasteiger partial charge in [0.2, 0.25) is 5.78 Å². The van der Waals surface area contributed by atoms with Crippen molar-refractivity contribution in [2.75, 3.05) is 6.73 Å². The van der Waals surface area contributed by atoms with Crippen LogP contribution in [0.15, 0.2) is 66.9 Å². The normalized spacial score (nSPS) is 17.0. The van der Waals surface area contributed by atoms with Crippen LogP contribution >= 0.6 is 0 Å². The van der Waals surface area contributed by atoms with Gasteiger partial charge in [0.05, 0.1) is 11.1 Å². The third kappa shape index (κ3) is 3.04. The molecule has 0 amide bonds. The van der Waals surface area contributed by atoms with Gasteiger partial charge in [0.1, 0.15) is 18.2 Å². The molecule has 6 heteroatoms. The highest BCUT2D eigenvalue weighted by molar-refractivity contribution is 6.15. The summed E-state index contributed by atoms with van der Waals surface area (Å²) in [6, 6.07) is 11.3. The first-order valence-electron chi connectivity index (χ1n) is 9.02. The Morgan fingerprint density at radius 3 is 2.79 bits per heavy atom. The highest BCUT2D eigenvalue weighted by Crippen LogP contribution is 2.42. The van der Waals surface area contributed by atoms with Crippen LogP contribution in [0.1, 0.15) is 27.0 Å². The van der Waals surface area contributed by atoms with Gasteiger partial charge in [-0.1, -0.05) is 6.07 Å². The number of aromatic nitrogens is 2. The Hall–Kier alpha value is -3.51. The van der Waals surface area contributed by atoms with E-state index in [0.717, 1.165) is 22.4 Å². The lowest BCUT2D eigenvalue weighted by molar-refractivity contribution is 0.0872. The van der Waals surface area contributed by atoms with Gasteiger partial charge in [0.25, 0.3) is 0 Å². The van der Waals surface area contributed by atoms with Crippen molar-refractivity contribution in [1.82, 2.24) is 14.9 Å². The first kappa shape index (κ1) is 16.6. The molecule has 0 bridgehead atoms. The van der Waals surface area contributed by atoms with Crippen LogP contribution in [-0.4, -0.2) is 27.4 Å². The fraction of sp³-hybridized carbons (Fsp3) is 0.136. The van der Waals surface area contributed by atoms with Crippen molar-refractivity contribution < 1.29 is 14.3 Å². The number of carbonyl (C=O) groups is 1. The smallest absolute Gasteiger partial charge is 0.231 e. The van der Waals surface area contributed by atoms with Gasteiger partial charge in [0, 0.05) is 37.9 Å². The zero-order valence-corrected chi connectivity index (χ0v) is 15.0. The number of hydrogen-bond donors (Lipinski definition) is 0. The van der Waals surface area contributed by atoms with Crippen LogP contribution in [0.2, 0.25) is 0 Å². The Kier molecular flexibility index (Phi) is 4.10. The van der Waals surface area contributed by atoms with Crippen molar-refractivity contribution in [2.45, 2.75) is 13.1 Å². The molecule has 0 aliphatic carbocycles. The van der Waals surface area contributed by atoms with E-state index in [-0.39, 0.29) is 5.78 Å². The predicted molar refractivity (Wildman–Crippen MR) is 103 cm³/mol. The second-order valence-electron chi connectivity index (χ2n) is 6.76. The second kappa shape index (κ2) is 6.90. The number of Topliss-reactive ketones (excluding diaryl/α,β-unsaturated/α-hetero) is 1. The Balaban J connectivity index is 1.44. The highest BCUT2D eigenvalue weighted by atomic mass is 16.5. The Morgan fingerprint density at radius 2 is 1.96 bits per heavy atom. The van der Waals surface area contributed by atoms with Crippen molar-refractivity contribution in [3.63, 3.8) is 0 Å². The molecule has 138 valence electrons. The third-order valence-corrected chi connectivity index (χ3v) is 4.82. The molecule has 0 unspecified atom stereocenters. The van der Waals surface area contributed by atoms with Crippen LogP contribution < -0.4 is 9.47 Å². The molecule has 2 aliphatic heterocycles. The van der Waals surface area contributed by atoms with Gasteiger partial charge in [-0.2, -0.15) is 0 Å². The standard InChI is InChI=1S/C22H17N3O3/c26-21-17-3-4-19-18(13-25(14-27-19)12-16-2-1-7-24-11-16)22(17)28-20(21)10-15-5-8-23-9-6-15/h1-11H,12-14H2/b20-10-. The minimum Gasteiger partial charge on any atom is -0.478 e. The number of carbonyl (C=O) groups excluding carboxylic acids is 1. The van der Waals surface area contributed by atoms with E-state index in [1.165, 1.54) is 0 Å². The number of benzene rings is 1. The number of ether oxygens (including phenoxy) is 2. The fourth-order valence-corrected chi connectivity index (χ4v) is 3.47.